The molecule has 0 aromatic carbocycles. The Bertz CT molecular complexity index is 338. The molecule has 0 aliphatic carbocycles. The lowest BCUT2D eigenvalue weighted by Gasteiger charge is -2.02. The molecule has 0 atom stereocenters. The van der Waals surface area contributed by atoms with Gasteiger partial charge in [-0.05, 0) is 12.1 Å². The molecule has 1 radical (unpaired) electrons. The van der Waals surface area contributed by atoms with Crippen molar-refractivity contribution in [2.75, 3.05) is 0 Å². The maximum atomic E-state index is 5.35. The number of hydrogen-bond donors (Lipinski definition) is 0. The van der Waals surface area contributed by atoms with E-state index < -0.39 is 0 Å². The second kappa shape index (κ2) is 4.32. The monoisotopic (exact) mass is 186 g/mol. The number of pyridine rings is 1. The smallest absolute Gasteiger partial charge is 0.217 e. The standard InChI is InChI=1S/C10H8N3O/c1-2-5-12-9(3-1)7-14-10-4-6-11-8-13-10/h1-6H,7H2. The number of ether oxygens (including phenoxy) is 1. The Hall–Kier alpha value is -1.97. The summed E-state index contributed by atoms with van der Waals surface area (Å²) in [5.74, 6) is 0.505. The van der Waals surface area contributed by atoms with Gasteiger partial charge in [-0.1, -0.05) is 6.07 Å². The summed E-state index contributed by atoms with van der Waals surface area (Å²) in [6.45, 7) is 0.408. The summed E-state index contributed by atoms with van der Waals surface area (Å²) in [5, 5.41) is 0. The minimum Gasteiger partial charge on any atom is -0.471 e. The van der Waals surface area contributed by atoms with Gasteiger partial charge < -0.3 is 4.74 Å². The van der Waals surface area contributed by atoms with E-state index in [0.29, 0.717) is 12.5 Å². The normalized spacial score (nSPS) is 9.71. The van der Waals surface area contributed by atoms with Crippen molar-refractivity contribution in [3.8, 4) is 5.88 Å². The molecule has 0 saturated carbocycles. The molecular weight excluding hydrogens is 178 g/mol. The van der Waals surface area contributed by atoms with Crippen LogP contribution in [0.25, 0.3) is 0 Å². The minimum absolute atomic E-state index is 0.408. The van der Waals surface area contributed by atoms with Crippen LogP contribution in [0.3, 0.4) is 0 Å². The molecule has 2 aromatic heterocycles. The molecule has 2 aromatic rings. The molecule has 2 rings (SSSR count). The Labute approximate surface area is 81.6 Å². The fraction of sp³-hybridized carbons (Fsp3) is 0.100. The van der Waals surface area contributed by atoms with Crippen LogP contribution >= 0.6 is 0 Å². The van der Waals surface area contributed by atoms with Gasteiger partial charge in [-0.15, -0.1) is 0 Å². The molecule has 2 heterocycles. The topological polar surface area (TPSA) is 47.9 Å². The third-order valence-electron chi connectivity index (χ3n) is 1.60. The Balaban J connectivity index is 1.96. The summed E-state index contributed by atoms with van der Waals surface area (Å²) >= 11 is 0. The highest BCUT2D eigenvalue weighted by Gasteiger charge is 1.95. The van der Waals surface area contributed by atoms with Crippen molar-refractivity contribution in [2.45, 2.75) is 6.61 Å². The van der Waals surface area contributed by atoms with Gasteiger partial charge in [-0.2, -0.15) is 4.98 Å². The van der Waals surface area contributed by atoms with Crippen molar-refractivity contribution < 1.29 is 4.74 Å². The van der Waals surface area contributed by atoms with E-state index in [-0.39, 0.29) is 0 Å². The van der Waals surface area contributed by atoms with Gasteiger partial charge in [0, 0.05) is 18.5 Å². The van der Waals surface area contributed by atoms with E-state index in [9.17, 15) is 0 Å². The number of nitrogens with zero attached hydrogens (tertiary/aromatic N) is 3. The van der Waals surface area contributed by atoms with Crippen LogP contribution < -0.4 is 4.74 Å². The highest BCUT2D eigenvalue weighted by Crippen LogP contribution is 2.04. The molecule has 69 valence electrons. The fourth-order valence-corrected chi connectivity index (χ4v) is 0.962. The third kappa shape index (κ3) is 2.26. The van der Waals surface area contributed by atoms with E-state index in [0.717, 1.165) is 5.69 Å². The van der Waals surface area contributed by atoms with Crippen LogP contribution in [0, 0.1) is 6.33 Å². The highest BCUT2D eigenvalue weighted by atomic mass is 16.5. The number of hydrogen-bond acceptors (Lipinski definition) is 4. The van der Waals surface area contributed by atoms with Crippen LogP contribution in [0.5, 0.6) is 5.88 Å². The first-order valence-electron chi connectivity index (χ1n) is 4.17. The van der Waals surface area contributed by atoms with E-state index >= 15 is 0 Å². The molecule has 4 heteroatoms. The molecule has 0 unspecified atom stereocenters. The maximum Gasteiger partial charge on any atom is 0.217 e. The predicted octanol–water partition coefficient (Wildman–Crippen LogP) is 1.25. The van der Waals surface area contributed by atoms with Crippen molar-refractivity contribution in [3.05, 3.63) is 48.7 Å². The zero-order valence-corrected chi connectivity index (χ0v) is 7.42. The Morgan fingerprint density at radius 2 is 2.21 bits per heavy atom. The maximum absolute atomic E-state index is 5.35. The van der Waals surface area contributed by atoms with Gasteiger partial charge in [-0.3, -0.25) is 4.98 Å². The molecule has 14 heavy (non-hydrogen) atoms. The molecule has 4 nitrogen and oxygen atoms in total. The average molecular weight is 186 g/mol. The van der Waals surface area contributed by atoms with Crippen molar-refractivity contribution in [1.29, 1.82) is 0 Å². The van der Waals surface area contributed by atoms with Gasteiger partial charge in [0.2, 0.25) is 12.2 Å². The molecule has 0 aliphatic heterocycles. The Morgan fingerprint density at radius 3 is 2.93 bits per heavy atom. The van der Waals surface area contributed by atoms with Gasteiger partial charge in [0.15, 0.2) is 0 Å². The predicted molar refractivity (Wildman–Crippen MR) is 49.4 cm³/mol. The summed E-state index contributed by atoms with van der Waals surface area (Å²) in [6, 6.07) is 7.35. The number of rotatable bonds is 3. The van der Waals surface area contributed by atoms with Crippen LogP contribution in [0.1, 0.15) is 5.69 Å². The van der Waals surface area contributed by atoms with Crippen LogP contribution in [0.4, 0.5) is 0 Å². The summed E-state index contributed by atoms with van der Waals surface area (Å²) in [6.07, 6.45) is 5.76. The molecule has 0 N–H and O–H groups in total. The summed E-state index contributed by atoms with van der Waals surface area (Å²) < 4.78 is 5.35. The molecule has 0 aliphatic rings. The average Bonchev–Trinajstić information content (AvgIpc) is 2.29. The highest BCUT2D eigenvalue weighted by molar-refractivity contribution is 5.07. The van der Waals surface area contributed by atoms with Gasteiger partial charge in [0.1, 0.15) is 6.61 Å². The lowest BCUT2D eigenvalue weighted by Crippen LogP contribution is -1.98. The van der Waals surface area contributed by atoms with Crippen molar-refractivity contribution in [1.82, 2.24) is 15.0 Å². The fourth-order valence-electron chi connectivity index (χ4n) is 0.962. The summed E-state index contributed by atoms with van der Waals surface area (Å²) in [4.78, 5) is 11.6. The van der Waals surface area contributed by atoms with Crippen LogP contribution in [0.2, 0.25) is 0 Å². The van der Waals surface area contributed by atoms with E-state index in [1.165, 1.54) is 0 Å². The molecule has 0 fully saturated rings. The van der Waals surface area contributed by atoms with Gasteiger partial charge in [-0.25, -0.2) is 4.98 Å². The summed E-state index contributed by atoms with van der Waals surface area (Å²) in [5.41, 5.74) is 0.867. The largest absolute Gasteiger partial charge is 0.471 e. The van der Waals surface area contributed by atoms with E-state index in [1.54, 1.807) is 18.5 Å². The van der Waals surface area contributed by atoms with Crippen molar-refractivity contribution in [2.24, 2.45) is 0 Å². The van der Waals surface area contributed by atoms with Gasteiger partial charge >= 0.3 is 0 Å². The van der Waals surface area contributed by atoms with Gasteiger partial charge in [0.05, 0.1) is 5.69 Å². The van der Waals surface area contributed by atoms with Crippen LogP contribution in [-0.4, -0.2) is 15.0 Å². The van der Waals surface area contributed by atoms with Crippen molar-refractivity contribution >= 4 is 0 Å². The molecule has 0 amide bonds. The molecule has 0 bridgehead atoms. The SMILES string of the molecule is [c]1nccc(OCc2ccccn2)n1. The van der Waals surface area contributed by atoms with E-state index in [1.807, 2.05) is 18.2 Å². The second-order valence-corrected chi connectivity index (χ2v) is 2.60. The molecular formula is C10H8N3O. The lowest BCUT2D eigenvalue weighted by atomic mass is 10.4. The van der Waals surface area contributed by atoms with Crippen molar-refractivity contribution in [3.63, 3.8) is 0 Å². The van der Waals surface area contributed by atoms with E-state index in [2.05, 4.69) is 21.3 Å². The van der Waals surface area contributed by atoms with Crippen LogP contribution in [0.15, 0.2) is 36.7 Å². The first kappa shape index (κ1) is 8.62. The second-order valence-electron chi connectivity index (χ2n) is 2.60. The molecule has 0 spiro atoms. The Kier molecular flexibility index (Phi) is 2.66. The minimum atomic E-state index is 0.408. The first-order chi connectivity index (χ1) is 6.95. The number of aromatic nitrogens is 3. The summed E-state index contributed by atoms with van der Waals surface area (Å²) in [7, 11) is 0. The molecule has 0 saturated heterocycles. The van der Waals surface area contributed by atoms with E-state index in [4.69, 9.17) is 4.74 Å². The first-order valence-corrected chi connectivity index (χ1v) is 4.17. The van der Waals surface area contributed by atoms with Crippen LogP contribution in [-0.2, 0) is 6.61 Å². The Morgan fingerprint density at radius 1 is 1.21 bits per heavy atom. The zero-order valence-electron chi connectivity index (χ0n) is 7.42. The quantitative estimate of drug-likeness (QED) is 0.723. The third-order valence-corrected chi connectivity index (χ3v) is 1.60. The zero-order chi connectivity index (χ0) is 9.64. The van der Waals surface area contributed by atoms with Gasteiger partial charge in [0.25, 0.3) is 0 Å². The lowest BCUT2D eigenvalue weighted by molar-refractivity contribution is 0.288.